The van der Waals surface area contributed by atoms with Crippen molar-refractivity contribution in [1.82, 2.24) is 19.8 Å². The molecule has 0 amide bonds. The van der Waals surface area contributed by atoms with Crippen molar-refractivity contribution in [3.8, 4) is 0 Å². The Morgan fingerprint density at radius 3 is 2.57 bits per heavy atom. The number of benzene rings is 1. The first-order chi connectivity index (χ1) is 11.1. The molecule has 0 radical (unpaired) electrons. The molecule has 0 spiro atoms. The van der Waals surface area contributed by atoms with Gasteiger partial charge in [-0.05, 0) is 25.1 Å². The number of aromatic nitrogens is 2. The number of fused-ring (bicyclic) bond motifs is 1. The van der Waals surface area contributed by atoms with Crippen LogP contribution in [-0.2, 0) is 0 Å². The molecule has 1 aromatic carbocycles. The minimum atomic E-state index is 0.525. The summed E-state index contributed by atoms with van der Waals surface area (Å²) in [5.41, 5.74) is 0.991. The predicted molar refractivity (Wildman–Crippen MR) is 95.7 cm³/mol. The number of rotatable bonds is 5. The Labute approximate surface area is 138 Å². The van der Waals surface area contributed by atoms with Crippen LogP contribution in [-0.4, -0.2) is 65.6 Å². The number of nitrogens with one attached hydrogen (secondary N) is 1. The van der Waals surface area contributed by atoms with Gasteiger partial charge in [-0.3, -0.25) is 4.90 Å². The maximum Gasteiger partial charge on any atom is 0.137 e. The van der Waals surface area contributed by atoms with Gasteiger partial charge in [-0.1, -0.05) is 26.0 Å². The molecule has 1 aromatic heterocycles. The van der Waals surface area contributed by atoms with Gasteiger partial charge in [0.25, 0.3) is 0 Å². The minimum absolute atomic E-state index is 0.525. The maximum absolute atomic E-state index is 4.45. The molecule has 1 atom stereocenters. The van der Waals surface area contributed by atoms with Gasteiger partial charge in [0.1, 0.15) is 12.1 Å². The Hall–Kier alpha value is -1.72. The lowest BCUT2D eigenvalue weighted by Crippen LogP contribution is -2.52. The number of nitrogens with zero attached hydrogens (tertiary/aromatic N) is 4. The molecule has 1 saturated heterocycles. The van der Waals surface area contributed by atoms with Crippen LogP contribution in [0, 0.1) is 5.92 Å². The van der Waals surface area contributed by atoms with Gasteiger partial charge in [-0.2, -0.15) is 0 Å². The lowest BCUT2D eigenvalue weighted by molar-refractivity contribution is 0.0944. The zero-order valence-corrected chi connectivity index (χ0v) is 14.4. The van der Waals surface area contributed by atoms with E-state index in [2.05, 4.69) is 52.0 Å². The van der Waals surface area contributed by atoms with E-state index >= 15 is 0 Å². The average Bonchev–Trinajstić information content (AvgIpc) is 2.56. The van der Waals surface area contributed by atoms with Crippen LogP contribution in [0.3, 0.4) is 0 Å². The predicted octanol–water partition coefficient (Wildman–Crippen LogP) is 2.31. The van der Waals surface area contributed by atoms with E-state index in [1.807, 2.05) is 18.2 Å². The molecule has 1 aliphatic rings. The number of para-hydroxylation sites is 1. The number of hydrogen-bond acceptors (Lipinski definition) is 5. The van der Waals surface area contributed by atoms with Crippen LogP contribution >= 0.6 is 0 Å². The van der Waals surface area contributed by atoms with E-state index in [9.17, 15) is 0 Å². The van der Waals surface area contributed by atoms with Crippen molar-refractivity contribution in [2.75, 3.05) is 45.1 Å². The van der Waals surface area contributed by atoms with Crippen molar-refractivity contribution in [1.29, 1.82) is 0 Å². The molecule has 3 rings (SSSR count). The molecule has 1 aliphatic heterocycles. The van der Waals surface area contributed by atoms with Gasteiger partial charge in [0.2, 0.25) is 0 Å². The summed E-state index contributed by atoms with van der Waals surface area (Å²) in [5, 5.41) is 4.66. The van der Waals surface area contributed by atoms with Gasteiger partial charge in [0.05, 0.1) is 5.52 Å². The van der Waals surface area contributed by atoms with Gasteiger partial charge in [0, 0.05) is 44.2 Å². The van der Waals surface area contributed by atoms with Crippen LogP contribution in [0.15, 0.2) is 30.6 Å². The van der Waals surface area contributed by atoms with Crippen LogP contribution in [0.4, 0.5) is 5.82 Å². The highest BCUT2D eigenvalue weighted by molar-refractivity contribution is 5.88. The molecular weight excluding hydrogens is 286 g/mol. The van der Waals surface area contributed by atoms with Crippen molar-refractivity contribution >= 4 is 16.7 Å². The van der Waals surface area contributed by atoms with E-state index in [1.54, 1.807) is 6.33 Å². The van der Waals surface area contributed by atoms with E-state index in [1.165, 1.54) is 0 Å². The summed E-state index contributed by atoms with van der Waals surface area (Å²) in [6, 6.07) is 8.69. The first-order valence-electron chi connectivity index (χ1n) is 8.51. The molecule has 2 aromatic rings. The maximum atomic E-state index is 4.45. The highest BCUT2D eigenvalue weighted by atomic mass is 15.3. The van der Waals surface area contributed by atoms with Crippen molar-refractivity contribution in [3.05, 3.63) is 30.6 Å². The second-order valence-corrected chi connectivity index (χ2v) is 6.77. The third-order valence-corrected chi connectivity index (χ3v) is 4.80. The van der Waals surface area contributed by atoms with Gasteiger partial charge < -0.3 is 10.2 Å². The largest absolute Gasteiger partial charge is 0.368 e. The standard InChI is InChI=1S/C18H27N5/c1-14(2)17(23-10-8-22(3)9-11-23)12-19-18-15-6-4-5-7-16(15)20-13-21-18/h4-7,13-14,17H,8-12H2,1-3H3,(H,19,20,21)/t17-/m0/s1. The summed E-state index contributed by atoms with van der Waals surface area (Å²) in [7, 11) is 2.20. The van der Waals surface area contributed by atoms with Crippen molar-refractivity contribution in [2.45, 2.75) is 19.9 Å². The number of hydrogen-bond donors (Lipinski definition) is 1. The Bertz CT molecular complexity index is 629. The molecule has 23 heavy (non-hydrogen) atoms. The van der Waals surface area contributed by atoms with Crippen molar-refractivity contribution in [3.63, 3.8) is 0 Å². The Balaban J connectivity index is 1.71. The zero-order valence-electron chi connectivity index (χ0n) is 14.4. The Morgan fingerprint density at radius 1 is 1.09 bits per heavy atom. The topological polar surface area (TPSA) is 44.3 Å². The molecule has 1 fully saturated rings. The normalized spacial score (nSPS) is 18.4. The number of anilines is 1. The Kier molecular flexibility index (Phi) is 5.08. The molecule has 5 heteroatoms. The molecule has 124 valence electrons. The third-order valence-electron chi connectivity index (χ3n) is 4.80. The van der Waals surface area contributed by atoms with E-state index in [-0.39, 0.29) is 0 Å². The highest BCUT2D eigenvalue weighted by Gasteiger charge is 2.25. The summed E-state index contributed by atoms with van der Waals surface area (Å²) in [4.78, 5) is 13.8. The van der Waals surface area contributed by atoms with Gasteiger partial charge in [0.15, 0.2) is 0 Å². The highest BCUT2D eigenvalue weighted by Crippen LogP contribution is 2.20. The van der Waals surface area contributed by atoms with E-state index in [4.69, 9.17) is 0 Å². The zero-order chi connectivity index (χ0) is 16.2. The first-order valence-corrected chi connectivity index (χ1v) is 8.51. The summed E-state index contributed by atoms with van der Waals surface area (Å²) < 4.78 is 0. The van der Waals surface area contributed by atoms with Crippen LogP contribution < -0.4 is 5.32 Å². The molecule has 0 saturated carbocycles. The van der Waals surface area contributed by atoms with E-state index in [0.29, 0.717) is 12.0 Å². The fourth-order valence-corrected chi connectivity index (χ4v) is 3.29. The second kappa shape index (κ2) is 7.23. The molecule has 5 nitrogen and oxygen atoms in total. The molecule has 1 N–H and O–H groups in total. The quantitative estimate of drug-likeness (QED) is 0.918. The lowest BCUT2D eigenvalue weighted by atomic mass is 10.0. The number of likely N-dealkylation sites (N-methyl/N-ethyl adjacent to an activating group) is 1. The summed E-state index contributed by atoms with van der Waals surface area (Å²) in [6.45, 7) is 10.1. The van der Waals surface area contributed by atoms with Crippen LogP contribution in [0.5, 0.6) is 0 Å². The molecule has 2 heterocycles. The number of piperazine rings is 1. The summed E-state index contributed by atoms with van der Waals surface area (Å²) >= 11 is 0. The molecule has 0 bridgehead atoms. The fraction of sp³-hybridized carbons (Fsp3) is 0.556. The van der Waals surface area contributed by atoms with Gasteiger partial charge >= 0.3 is 0 Å². The van der Waals surface area contributed by atoms with Crippen LogP contribution in [0.2, 0.25) is 0 Å². The minimum Gasteiger partial charge on any atom is -0.368 e. The van der Waals surface area contributed by atoms with E-state index in [0.717, 1.165) is 49.4 Å². The second-order valence-electron chi connectivity index (χ2n) is 6.77. The molecular formula is C18H27N5. The third kappa shape index (κ3) is 3.79. The van der Waals surface area contributed by atoms with E-state index < -0.39 is 0 Å². The van der Waals surface area contributed by atoms with Crippen LogP contribution in [0.25, 0.3) is 10.9 Å². The van der Waals surface area contributed by atoms with Gasteiger partial charge in [-0.25, -0.2) is 9.97 Å². The monoisotopic (exact) mass is 313 g/mol. The average molecular weight is 313 g/mol. The fourth-order valence-electron chi connectivity index (χ4n) is 3.29. The lowest BCUT2D eigenvalue weighted by Gasteiger charge is -2.40. The summed E-state index contributed by atoms with van der Waals surface area (Å²) in [6.07, 6.45) is 1.64. The molecule has 0 aliphatic carbocycles. The Morgan fingerprint density at radius 2 is 1.83 bits per heavy atom. The first kappa shape index (κ1) is 16.1. The van der Waals surface area contributed by atoms with Crippen molar-refractivity contribution < 1.29 is 0 Å². The molecule has 0 unspecified atom stereocenters. The summed E-state index contributed by atoms with van der Waals surface area (Å²) in [5.74, 6) is 1.55. The van der Waals surface area contributed by atoms with Crippen molar-refractivity contribution in [2.24, 2.45) is 5.92 Å². The van der Waals surface area contributed by atoms with Crippen LogP contribution in [0.1, 0.15) is 13.8 Å². The van der Waals surface area contributed by atoms with Gasteiger partial charge in [-0.15, -0.1) is 0 Å². The smallest absolute Gasteiger partial charge is 0.137 e. The SMILES string of the molecule is CC(C)[C@H](CNc1ncnc2ccccc12)N1CCN(C)CC1.